The highest BCUT2D eigenvalue weighted by Crippen LogP contribution is 2.13. The Hall–Kier alpha value is -1.21. The van der Waals surface area contributed by atoms with Crippen LogP contribution in [-0.4, -0.2) is 52.2 Å². The standard InChI is InChI=1S/C19H30N2O3S/c1-16(2)14-19(21-9-11-24-12-10-21)15-20-25(22,23)13-8-18-6-4-17(3)5-7-18/h4-8,13,16,19-20H,9-12,14-15H2,1-3H3. The Morgan fingerprint density at radius 2 is 1.84 bits per heavy atom. The second-order valence-corrected chi connectivity index (χ2v) is 8.69. The van der Waals surface area contributed by atoms with E-state index in [1.807, 2.05) is 31.2 Å². The maximum absolute atomic E-state index is 12.3. The summed E-state index contributed by atoms with van der Waals surface area (Å²) in [6.45, 7) is 9.92. The maximum atomic E-state index is 12.3. The zero-order valence-electron chi connectivity index (χ0n) is 15.4. The van der Waals surface area contributed by atoms with Crippen molar-refractivity contribution in [3.63, 3.8) is 0 Å². The Labute approximate surface area is 152 Å². The van der Waals surface area contributed by atoms with E-state index in [-0.39, 0.29) is 6.04 Å². The Balaban J connectivity index is 1.95. The Morgan fingerprint density at radius 1 is 1.20 bits per heavy atom. The summed E-state index contributed by atoms with van der Waals surface area (Å²) in [5.74, 6) is 0.514. The summed E-state index contributed by atoms with van der Waals surface area (Å²) in [5.41, 5.74) is 2.03. The van der Waals surface area contributed by atoms with Crippen molar-refractivity contribution < 1.29 is 13.2 Å². The summed E-state index contributed by atoms with van der Waals surface area (Å²) in [6, 6.07) is 7.97. The van der Waals surface area contributed by atoms with Crippen LogP contribution in [0.25, 0.3) is 6.08 Å². The summed E-state index contributed by atoms with van der Waals surface area (Å²) >= 11 is 0. The van der Waals surface area contributed by atoms with E-state index < -0.39 is 10.0 Å². The molecule has 6 heteroatoms. The van der Waals surface area contributed by atoms with Gasteiger partial charge in [-0.3, -0.25) is 4.90 Å². The van der Waals surface area contributed by atoms with Crippen LogP contribution < -0.4 is 4.72 Å². The molecule has 1 unspecified atom stereocenters. The molecule has 25 heavy (non-hydrogen) atoms. The van der Waals surface area contributed by atoms with Gasteiger partial charge in [0.1, 0.15) is 0 Å². The number of sulfonamides is 1. The lowest BCUT2D eigenvalue weighted by molar-refractivity contribution is 0.0135. The van der Waals surface area contributed by atoms with Gasteiger partial charge in [-0.1, -0.05) is 43.7 Å². The molecule has 0 saturated carbocycles. The number of benzene rings is 1. The zero-order valence-corrected chi connectivity index (χ0v) is 16.3. The Morgan fingerprint density at radius 3 is 2.44 bits per heavy atom. The van der Waals surface area contributed by atoms with Crippen molar-refractivity contribution in [1.29, 1.82) is 0 Å². The summed E-state index contributed by atoms with van der Waals surface area (Å²) < 4.78 is 32.8. The van der Waals surface area contributed by atoms with Gasteiger partial charge in [0.2, 0.25) is 10.0 Å². The third kappa shape index (κ3) is 7.28. The van der Waals surface area contributed by atoms with Crippen molar-refractivity contribution in [2.45, 2.75) is 33.2 Å². The van der Waals surface area contributed by atoms with Crippen LogP contribution in [0.15, 0.2) is 29.7 Å². The highest BCUT2D eigenvalue weighted by atomic mass is 32.2. The van der Waals surface area contributed by atoms with E-state index in [0.717, 1.165) is 30.6 Å². The van der Waals surface area contributed by atoms with Crippen molar-refractivity contribution in [2.24, 2.45) is 5.92 Å². The predicted molar refractivity (Wildman–Crippen MR) is 103 cm³/mol. The molecule has 1 N–H and O–H groups in total. The summed E-state index contributed by atoms with van der Waals surface area (Å²) in [4.78, 5) is 2.33. The highest BCUT2D eigenvalue weighted by Gasteiger charge is 2.23. The molecule has 140 valence electrons. The second kappa shape index (κ2) is 9.48. The summed E-state index contributed by atoms with van der Waals surface area (Å²) in [6.07, 6.45) is 2.60. The second-order valence-electron chi connectivity index (χ2n) is 7.04. The molecule has 0 bridgehead atoms. The van der Waals surface area contributed by atoms with E-state index in [9.17, 15) is 8.42 Å². The van der Waals surface area contributed by atoms with Crippen LogP contribution in [0.1, 0.15) is 31.4 Å². The van der Waals surface area contributed by atoms with Crippen molar-refractivity contribution in [2.75, 3.05) is 32.8 Å². The third-order valence-corrected chi connectivity index (χ3v) is 5.41. The first-order chi connectivity index (χ1) is 11.9. The SMILES string of the molecule is Cc1ccc(C=CS(=O)(=O)NCC(CC(C)C)N2CCOCC2)cc1. The van der Waals surface area contributed by atoms with Crippen molar-refractivity contribution in [3.8, 4) is 0 Å². The molecule has 0 aromatic heterocycles. The monoisotopic (exact) mass is 366 g/mol. The molecule has 1 aromatic carbocycles. The normalized spacial score (nSPS) is 18.1. The molecule has 1 aliphatic rings. The maximum Gasteiger partial charge on any atom is 0.233 e. The van der Waals surface area contributed by atoms with Gasteiger partial charge in [0.05, 0.1) is 13.2 Å². The van der Waals surface area contributed by atoms with Crippen molar-refractivity contribution in [3.05, 3.63) is 40.8 Å². The van der Waals surface area contributed by atoms with Crippen LogP contribution in [0, 0.1) is 12.8 Å². The molecule has 0 aliphatic carbocycles. The Kier molecular flexibility index (Phi) is 7.62. The minimum absolute atomic E-state index is 0.200. The Bertz CT molecular complexity index is 648. The van der Waals surface area contributed by atoms with E-state index >= 15 is 0 Å². The molecule has 0 amide bonds. The van der Waals surface area contributed by atoms with Crippen molar-refractivity contribution >= 4 is 16.1 Å². The van der Waals surface area contributed by atoms with Gasteiger partial charge in [-0.05, 0) is 30.9 Å². The fraction of sp³-hybridized carbons (Fsp3) is 0.579. The number of nitrogens with zero attached hydrogens (tertiary/aromatic N) is 1. The van der Waals surface area contributed by atoms with E-state index in [2.05, 4.69) is 23.5 Å². The minimum Gasteiger partial charge on any atom is -0.379 e. The molecule has 1 fully saturated rings. The molecule has 0 radical (unpaired) electrons. The average molecular weight is 367 g/mol. The van der Waals surface area contributed by atoms with Crippen LogP contribution in [0.3, 0.4) is 0 Å². The minimum atomic E-state index is -3.45. The number of nitrogens with one attached hydrogen (secondary N) is 1. The highest BCUT2D eigenvalue weighted by molar-refractivity contribution is 7.92. The molecule has 1 heterocycles. The van der Waals surface area contributed by atoms with Gasteiger partial charge in [0.15, 0.2) is 0 Å². The number of morpholine rings is 1. The fourth-order valence-corrected chi connectivity index (χ4v) is 3.81. The molecule has 2 rings (SSSR count). The summed E-state index contributed by atoms with van der Waals surface area (Å²) in [7, 11) is -3.45. The molecular formula is C19H30N2O3S. The fourth-order valence-electron chi connectivity index (χ4n) is 2.95. The van der Waals surface area contributed by atoms with E-state index in [4.69, 9.17) is 4.74 Å². The van der Waals surface area contributed by atoms with E-state index in [1.54, 1.807) is 6.08 Å². The molecule has 1 aromatic rings. The van der Waals surface area contributed by atoms with Crippen LogP contribution >= 0.6 is 0 Å². The average Bonchev–Trinajstić information content (AvgIpc) is 2.59. The first-order valence-corrected chi connectivity index (χ1v) is 10.5. The number of hydrogen-bond acceptors (Lipinski definition) is 4. The largest absolute Gasteiger partial charge is 0.379 e. The predicted octanol–water partition coefficient (Wildman–Crippen LogP) is 2.63. The quantitative estimate of drug-likeness (QED) is 0.768. The molecule has 1 aliphatic heterocycles. The lowest BCUT2D eigenvalue weighted by atomic mass is 10.0. The van der Waals surface area contributed by atoms with Crippen LogP contribution in [0.4, 0.5) is 0 Å². The molecule has 1 saturated heterocycles. The molecular weight excluding hydrogens is 336 g/mol. The lowest BCUT2D eigenvalue weighted by Crippen LogP contribution is -2.49. The lowest BCUT2D eigenvalue weighted by Gasteiger charge is -2.35. The van der Waals surface area contributed by atoms with Crippen LogP contribution in [0.2, 0.25) is 0 Å². The van der Waals surface area contributed by atoms with Gasteiger partial charge in [0, 0.05) is 31.1 Å². The van der Waals surface area contributed by atoms with Gasteiger partial charge < -0.3 is 4.74 Å². The topological polar surface area (TPSA) is 58.6 Å². The van der Waals surface area contributed by atoms with Crippen LogP contribution in [-0.2, 0) is 14.8 Å². The third-order valence-electron chi connectivity index (χ3n) is 4.34. The zero-order chi connectivity index (χ0) is 18.3. The molecule has 1 atom stereocenters. The van der Waals surface area contributed by atoms with Gasteiger partial charge in [-0.2, -0.15) is 0 Å². The first-order valence-electron chi connectivity index (χ1n) is 8.92. The molecule has 5 nitrogen and oxygen atoms in total. The number of rotatable bonds is 8. The number of aryl methyl sites for hydroxylation is 1. The summed E-state index contributed by atoms with van der Waals surface area (Å²) in [5, 5.41) is 1.25. The van der Waals surface area contributed by atoms with Crippen LogP contribution in [0.5, 0.6) is 0 Å². The van der Waals surface area contributed by atoms with E-state index in [0.29, 0.717) is 25.7 Å². The van der Waals surface area contributed by atoms with Gasteiger partial charge >= 0.3 is 0 Å². The smallest absolute Gasteiger partial charge is 0.233 e. The van der Waals surface area contributed by atoms with Crippen molar-refractivity contribution in [1.82, 2.24) is 9.62 Å². The number of ether oxygens (including phenoxy) is 1. The number of hydrogen-bond donors (Lipinski definition) is 1. The van der Waals surface area contributed by atoms with Gasteiger partial charge in [-0.15, -0.1) is 0 Å². The first kappa shape index (κ1) is 20.1. The van der Waals surface area contributed by atoms with E-state index in [1.165, 1.54) is 5.41 Å². The van der Waals surface area contributed by atoms with Gasteiger partial charge in [0.25, 0.3) is 0 Å². The van der Waals surface area contributed by atoms with Gasteiger partial charge in [-0.25, -0.2) is 13.1 Å². The molecule has 0 spiro atoms.